The maximum absolute atomic E-state index is 5.80. The van der Waals surface area contributed by atoms with E-state index in [0.717, 1.165) is 31.0 Å². The summed E-state index contributed by atoms with van der Waals surface area (Å²) in [6, 6.07) is 4.26. The van der Waals surface area contributed by atoms with E-state index in [2.05, 4.69) is 51.7 Å². The van der Waals surface area contributed by atoms with Crippen molar-refractivity contribution in [2.24, 2.45) is 17.6 Å². The number of nitrogens with zero attached hydrogens (tertiary/aromatic N) is 2. The summed E-state index contributed by atoms with van der Waals surface area (Å²) in [5.41, 5.74) is 8.11. The molecule has 0 aliphatic carbocycles. The van der Waals surface area contributed by atoms with Crippen LogP contribution in [0.5, 0.6) is 0 Å². The van der Waals surface area contributed by atoms with Crippen molar-refractivity contribution in [1.82, 2.24) is 4.98 Å². The Kier molecular flexibility index (Phi) is 6.29. The lowest BCUT2D eigenvalue weighted by molar-refractivity contribution is 0.548. The van der Waals surface area contributed by atoms with E-state index in [-0.39, 0.29) is 0 Å². The average molecular weight is 263 g/mol. The first kappa shape index (κ1) is 16.0. The second-order valence-electron chi connectivity index (χ2n) is 6.08. The molecule has 0 amide bonds. The predicted molar refractivity (Wildman–Crippen MR) is 83.4 cm³/mol. The van der Waals surface area contributed by atoms with Crippen molar-refractivity contribution in [3.8, 4) is 0 Å². The fourth-order valence-corrected chi connectivity index (χ4v) is 2.24. The van der Waals surface area contributed by atoms with Gasteiger partial charge in [-0.25, -0.2) is 4.98 Å². The van der Waals surface area contributed by atoms with Gasteiger partial charge in [-0.15, -0.1) is 0 Å². The van der Waals surface area contributed by atoms with Crippen molar-refractivity contribution < 1.29 is 0 Å². The van der Waals surface area contributed by atoms with E-state index in [0.29, 0.717) is 18.4 Å². The number of hydrogen-bond donors (Lipinski definition) is 1. The first-order valence-electron chi connectivity index (χ1n) is 7.41. The molecular weight excluding hydrogens is 234 g/mol. The molecule has 0 saturated heterocycles. The van der Waals surface area contributed by atoms with Crippen LogP contribution in [0.2, 0.25) is 0 Å². The molecule has 1 aromatic rings. The molecule has 0 fully saturated rings. The molecule has 1 aromatic heterocycles. The minimum Gasteiger partial charge on any atom is -0.356 e. The summed E-state index contributed by atoms with van der Waals surface area (Å²) in [5.74, 6) is 2.35. The lowest BCUT2D eigenvalue weighted by Crippen LogP contribution is -2.32. The highest BCUT2D eigenvalue weighted by Gasteiger charge is 2.13. The summed E-state index contributed by atoms with van der Waals surface area (Å²) >= 11 is 0. The third-order valence-corrected chi connectivity index (χ3v) is 3.02. The Balaban J connectivity index is 3.05. The van der Waals surface area contributed by atoms with Gasteiger partial charge in [0.05, 0.1) is 0 Å². The Hall–Kier alpha value is -1.09. The van der Waals surface area contributed by atoms with Gasteiger partial charge in [-0.3, -0.25) is 0 Å². The molecule has 0 saturated carbocycles. The molecule has 1 rings (SSSR count). The molecular formula is C16H29N3. The van der Waals surface area contributed by atoms with Gasteiger partial charge < -0.3 is 10.6 Å². The van der Waals surface area contributed by atoms with E-state index < -0.39 is 0 Å². The van der Waals surface area contributed by atoms with Crippen molar-refractivity contribution in [3.05, 3.63) is 23.4 Å². The Morgan fingerprint density at radius 2 is 1.68 bits per heavy atom. The highest BCUT2D eigenvalue weighted by molar-refractivity contribution is 5.43. The fourth-order valence-electron chi connectivity index (χ4n) is 2.24. The molecule has 3 heteroatoms. The monoisotopic (exact) mass is 263 g/mol. The summed E-state index contributed by atoms with van der Waals surface area (Å²) in [7, 11) is 0. The van der Waals surface area contributed by atoms with Crippen LogP contribution in [0, 0.1) is 11.8 Å². The summed E-state index contributed by atoms with van der Waals surface area (Å²) in [6.45, 7) is 13.8. The van der Waals surface area contributed by atoms with Crippen molar-refractivity contribution >= 4 is 5.82 Å². The molecule has 0 spiro atoms. The number of pyridine rings is 1. The van der Waals surface area contributed by atoms with Crippen LogP contribution < -0.4 is 10.6 Å². The van der Waals surface area contributed by atoms with Crippen LogP contribution >= 0.6 is 0 Å². The van der Waals surface area contributed by atoms with Crippen LogP contribution in [-0.2, 0) is 13.0 Å². The largest absolute Gasteiger partial charge is 0.356 e. The summed E-state index contributed by atoms with van der Waals surface area (Å²) < 4.78 is 0. The minimum atomic E-state index is 0.583. The van der Waals surface area contributed by atoms with Crippen molar-refractivity contribution in [2.45, 2.75) is 47.6 Å². The van der Waals surface area contributed by atoms with E-state index in [4.69, 9.17) is 10.7 Å². The van der Waals surface area contributed by atoms with Gasteiger partial charge in [0.25, 0.3) is 0 Å². The average Bonchev–Trinajstić information content (AvgIpc) is 2.36. The Morgan fingerprint density at radius 1 is 1.11 bits per heavy atom. The molecule has 2 N–H and O–H groups in total. The number of hydrogen-bond acceptors (Lipinski definition) is 3. The highest BCUT2D eigenvalue weighted by atomic mass is 15.2. The molecule has 0 radical (unpaired) electrons. The second-order valence-corrected chi connectivity index (χ2v) is 6.08. The maximum Gasteiger partial charge on any atom is 0.129 e. The molecule has 0 aliphatic rings. The number of nitrogens with two attached hydrogens (primary N) is 1. The van der Waals surface area contributed by atoms with Crippen molar-refractivity contribution in [1.29, 1.82) is 0 Å². The Bertz CT molecular complexity index is 353. The lowest BCUT2D eigenvalue weighted by Gasteiger charge is -2.28. The summed E-state index contributed by atoms with van der Waals surface area (Å²) in [5, 5.41) is 0. The fraction of sp³-hybridized carbons (Fsp3) is 0.688. The van der Waals surface area contributed by atoms with Gasteiger partial charge in [-0.05, 0) is 36.0 Å². The minimum absolute atomic E-state index is 0.583. The van der Waals surface area contributed by atoms with Gasteiger partial charge in [0.1, 0.15) is 5.82 Å². The van der Waals surface area contributed by atoms with E-state index in [1.165, 1.54) is 5.56 Å². The zero-order chi connectivity index (χ0) is 14.4. The Morgan fingerprint density at radius 3 is 2.11 bits per heavy atom. The highest BCUT2D eigenvalue weighted by Crippen LogP contribution is 2.18. The number of rotatable bonds is 7. The summed E-state index contributed by atoms with van der Waals surface area (Å²) in [4.78, 5) is 7.17. The second kappa shape index (κ2) is 7.49. The molecule has 0 bridgehead atoms. The van der Waals surface area contributed by atoms with Crippen LogP contribution in [0.4, 0.5) is 5.82 Å². The predicted octanol–water partition coefficient (Wildman–Crippen LogP) is 3.22. The standard InChI is InChI=1S/C16H29N3/c1-6-15-7-14(9-17)8-16(18-15)19(10-12(2)3)11-13(4)5/h7-8,12-13H,6,9-11,17H2,1-5H3. The van der Waals surface area contributed by atoms with Gasteiger partial charge in [0, 0.05) is 25.3 Å². The first-order valence-corrected chi connectivity index (χ1v) is 7.41. The van der Waals surface area contributed by atoms with Crippen molar-refractivity contribution in [3.63, 3.8) is 0 Å². The maximum atomic E-state index is 5.80. The van der Waals surface area contributed by atoms with Crippen LogP contribution in [0.1, 0.15) is 45.9 Å². The van der Waals surface area contributed by atoms with Gasteiger partial charge in [0.2, 0.25) is 0 Å². The number of aryl methyl sites for hydroxylation is 1. The first-order chi connectivity index (χ1) is 8.96. The molecule has 3 nitrogen and oxygen atoms in total. The number of anilines is 1. The smallest absolute Gasteiger partial charge is 0.129 e. The quantitative estimate of drug-likeness (QED) is 0.821. The van der Waals surface area contributed by atoms with E-state index >= 15 is 0 Å². The van der Waals surface area contributed by atoms with Gasteiger partial charge >= 0.3 is 0 Å². The molecule has 0 aliphatic heterocycles. The Labute approximate surface area is 118 Å². The molecule has 1 heterocycles. The normalized spacial score (nSPS) is 11.4. The van der Waals surface area contributed by atoms with Crippen LogP contribution in [0.15, 0.2) is 12.1 Å². The topological polar surface area (TPSA) is 42.1 Å². The van der Waals surface area contributed by atoms with Crippen LogP contribution in [0.25, 0.3) is 0 Å². The third-order valence-electron chi connectivity index (χ3n) is 3.02. The molecule has 19 heavy (non-hydrogen) atoms. The van der Waals surface area contributed by atoms with Crippen LogP contribution in [0.3, 0.4) is 0 Å². The van der Waals surface area contributed by atoms with Gasteiger partial charge in [0.15, 0.2) is 0 Å². The lowest BCUT2D eigenvalue weighted by atomic mass is 10.1. The molecule has 108 valence electrons. The van der Waals surface area contributed by atoms with Gasteiger partial charge in [-0.2, -0.15) is 0 Å². The van der Waals surface area contributed by atoms with Crippen LogP contribution in [-0.4, -0.2) is 18.1 Å². The van der Waals surface area contributed by atoms with Gasteiger partial charge in [-0.1, -0.05) is 34.6 Å². The zero-order valence-corrected chi connectivity index (χ0v) is 13.1. The molecule has 0 unspecified atom stereocenters. The number of aromatic nitrogens is 1. The van der Waals surface area contributed by atoms with E-state index in [1.807, 2.05) is 0 Å². The van der Waals surface area contributed by atoms with E-state index in [9.17, 15) is 0 Å². The zero-order valence-electron chi connectivity index (χ0n) is 13.1. The van der Waals surface area contributed by atoms with E-state index in [1.54, 1.807) is 0 Å². The summed E-state index contributed by atoms with van der Waals surface area (Å²) in [6.07, 6.45) is 0.956. The SMILES string of the molecule is CCc1cc(CN)cc(N(CC(C)C)CC(C)C)n1. The molecule has 0 aromatic carbocycles. The third kappa shape index (κ3) is 5.19. The van der Waals surface area contributed by atoms with Crippen molar-refractivity contribution in [2.75, 3.05) is 18.0 Å². The molecule has 0 atom stereocenters.